The highest BCUT2D eigenvalue weighted by Gasteiger charge is 2.24. The van der Waals surface area contributed by atoms with E-state index >= 15 is 0 Å². The van der Waals surface area contributed by atoms with Gasteiger partial charge in [0.1, 0.15) is 5.56 Å². The normalized spacial score (nSPS) is 14.1. The lowest BCUT2D eigenvalue weighted by molar-refractivity contribution is 0.0734. The second-order valence-corrected chi connectivity index (χ2v) is 6.45. The average Bonchev–Trinajstić information content (AvgIpc) is 3.01. The fourth-order valence-corrected chi connectivity index (χ4v) is 3.79. The molecule has 0 spiro atoms. The van der Waals surface area contributed by atoms with E-state index in [1.54, 1.807) is 22.3 Å². The number of para-hydroxylation sites is 1. The third-order valence-corrected chi connectivity index (χ3v) is 5.10. The Bertz CT molecular complexity index is 926. The number of benzene rings is 1. The fourth-order valence-electron chi connectivity index (χ4n) is 2.90. The first-order chi connectivity index (χ1) is 10.7. The maximum atomic E-state index is 12.7. The van der Waals surface area contributed by atoms with E-state index in [0.29, 0.717) is 13.1 Å². The quantitative estimate of drug-likeness (QED) is 0.751. The van der Waals surface area contributed by atoms with E-state index in [0.717, 1.165) is 17.3 Å². The molecule has 1 aliphatic heterocycles. The summed E-state index contributed by atoms with van der Waals surface area (Å²) < 4.78 is 0. The summed E-state index contributed by atoms with van der Waals surface area (Å²) >= 11 is 1.73. The zero-order valence-corrected chi connectivity index (χ0v) is 12.7. The molecule has 3 aromatic rings. The maximum Gasteiger partial charge on any atom is 0.261 e. The number of fused-ring (bicyclic) bond motifs is 2. The van der Waals surface area contributed by atoms with Crippen LogP contribution in [0.15, 0.2) is 46.6 Å². The van der Waals surface area contributed by atoms with Gasteiger partial charge in [-0.1, -0.05) is 18.2 Å². The topological polar surface area (TPSA) is 53.2 Å². The van der Waals surface area contributed by atoms with Crippen molar-refractivity contribution in [3.05, 3.63) is 68.1 Å². The van der Waals surface area contributed by atoms with Gasteiger partial charge >= 0.3 is 0 Å². The average molecular weight is 310 g/mol. The minimum absolute atomic E-state index is 0.191. The van der Waals surface area contributed by atoms with Crippen molar-refractivity contribution in [2.24, 2.45) is 0 Å². The van der Waals surface area contributed by atoms with Crippen molar-refractivity contribution >= 4 is 28.1 Å². The highest BCUT2D eigenvalue weighted by atomic mass is 32.1. The van der Waals surface area contributed by atoms with Gasteiger partial charge in [0.15, 0.2) is 0 Å². The van der Waals surface area contributed by atoms with E-state index in [1.165, 1.54) is 10.4 Å². The smallest absolute Gasteiger partial charge is 0.261 e. The molecule has 2 aromatic heterocycles. The number of H-pyrrole nitrogens is 1. The number of carbonyl (C=O) groups excluding carboxylic acids is 1. The Morgan fingerprint density at radius 3 is 3.00 bits per heavy atom. The van der Waals surface area contributed by atoms with Gasteiger partial charge < -0.3 is 9.88 Å². The number of aromatic nitrogens is 1. The molecular weight excluding hydrogens is 296 g/mol. The van der Waals surface area contributed by atoms with Gasteiger partial charge in [-0.15, -0.1) is 11.3 Å². The monoisotopic (exact) mass is 310 g/mol. The zero-order valence-electron chi connectivity index (χ0n) is 11.8. The summed E-state index contributed by atoms with van der Waals surface area (Å²) in [4.78, 5) is 30.8. The van der Waals surface area contributed by atoms with Crippen molar-refractivity contribution < 1.29 is 4.79 Å². The Labute approximate surface area is 131 Å². The molecule has 4 nitrogen and oxygen atoms in total. The van der Waals surface area contributed by atoms with Gasteiger partial charge in [-0.05, 0) is 40.9 Å². The van der Waals surface area contributed by atoms with Crippen LogP contribution in [0.4, 0.5) is 0 Å². The van der Waals surface area contributed by atoms with Gasteiger partial charge in [-0.2, -0.15) is 0 Å². The Morgan fingerprint density at radius 2 is 2.09 bits per heavy atom. The number of pyridine rings is 1. The van der Waals surface area contributed by atoms with Crippen molar-refractivity contribution in [2.75, 3.05) is 6.54 Å². The number of carbonyl (C=O) groups is 1. The number of amides is 1. The van der Waals surface area contributed by atoms with Crippen molar-refractivity contribution in [2.45, 2.75) is 13.0 Å². The van der Waals surface area contributed by atoms with Crippen LogP contribution in [0, 0.1) is 0 Å². The Kier molecular flexibility index (Phi) is 3.08. The first kappa shape index (κ1) is 13.3. The van der Waals surface area contributed by atoms with E-state index in [9.17, 15) is 9.59 Å². The van der Waals surface area contributed by atoms with Gasteiger partial charge in [0, 0.05) is 23.5 Å². The van der Waals surface area contributed by atoms with Crippen LogP contribution in [-0.4, -0.2) is 22.3 Å². The lowest BCUT2D eigenvalue weighted by atomic mass is 10.1. The van der Waals surface area contributed by atoms with Gasteiger partial charge in [0.05, 0.1) is 0 Å². The van der Waals surface area contributed by atoms with Gasteiger partial charge in [0.2, 0.25) is 0 Å². The zero-order chi connectivity index (χ0) is 15.1. The van der Waals surface area contributed by atoms with E-state index in [-0.39, 0.29) is 17.0 Å². The summed E-state index contributed by atoms with van der Waals surface area (Å²) in [5.41, 5.74) is 1.85. The highest BCUT2D eigenvalue weighted by Crippen LogP contribution is 2.25. The van der Waals surface area contributed by atoms with Crippen LogP contribution < -0.4 is 5.56 Å². The third kappa shape index (κ3) is 2.14. The molecule has 110 valence electrons. The largest absolute Gasteiger partial charge is 0.334 e. The molecule has 1 N–H and O–H groups in total. The molecular formula is C17H14N2O2S. The van der Waals surface area contributed by atoms with Crippen LogP contribution in [0.1, 0.15) is 20.8 Å². The van der Waals surface area contributed by atoms with Crippen LogP contribution in [-0.2, 0) is 13.0 Å². The summed E-state index contributed by atoms with van der Waals surface area (Å²) in [6, 6.07) is 11.2. The molecule has 0 atom stereocenters. The molecule has 5 heteroatoms. The number of hydrogen-bond acceptors (Lipinski definition) is 3. The van der Waals surface area contributed by atoms with E-state index in [4.69, 9.17) is 0 Å². The van der Waals surface area contributed by atoms with Gasteiger partial charge in [0.25, 0.3) is 11.5 Å². The molecule has 1 amide bonds. The second-order valence-electron chi connectivity index (χ2n) is 5.45. The van der Waals surface area contributed by atoms with Crippen molar-refractivity contribution in [1.29, 1.82) is 0 Å². The molecule has 0 saturated carbocycles. The summed E-state index contributed by atoms with van der Waals surface area (Å²) in [5.74, 6) is -0.191. The molecule has 22 heavy (non-hydrogen) atoms. The van der Waals surface area contributed by atoms with Crippen LogP contribution in [0.25, 0.3) is 10.9 Å². The molecule has 4 rings (SSSR count). The summed E-state index contributed by atoms with van der Waals surface area (Å²) in [5, 5.41) is 2.93. The number of hydrogen-bond donors (Lipinski definition) is 1. The molecule has 0 saturated heterocycles. The lowest BCUT2D eigenvalue weighted by Gasteiger charge is -2.26. The fraction of sp³-hybridized carbons (Fsp3) is 0.176. The Morgan fingerprint density at radius 1 is 1.23 bits per heavy atom. The number of rotatable bonds is 1. The van der Waals surface area contributed by atoms with E-state index in [1.807, 2.05) is 24.3 Å². The van der Waals surface area contributed by atoms with Crippen molar-refractivity contribution in [3.8, 4) is 0 Å². The summed E-state index contributed by atoms with van der Waals surface area (Å²) in [7, 11) is 0. The highest BCUT2D eigenvalue weighted by molar-refractivity contribution is 7.10. The van der Waals surface area contributed by atoms with Crippen LogP contribution >= 0.6 is 11.3 Å². The standard InChI is InChI=1S/C17H14N2O2S/c20-16-13(9-11-3-1-2-4-14(11)18-16)17(21)19-7-5-15-12(10-19)6-8-22-15/h1-4,6,8-9H,5,7,10H2,(H,18,20). The van der Waals surface area contributed by atoms with Crippen molar-refractivity contribution in [1.82, 2.24) is 9.88 Å². The molecule has 0 aliphatic carbocycles. The number of thiophene rings is 1. The minimum Gasteiger partial charge on any atom is -0.334 e. The lowest BCUT2D eigenvalue weighted by Crippen LogP contribution is -2.38. The van der Waals surface area contributed by atoms with E-state index < -0.39 is 0 Å². The summed E-state index contributed by atoms with van der Waals surface area (Å²) in [6.07, 6.45) is 0.865. The number of nitrogens with zero attached hydrogens (tertiary/aromatic N) is 1. The molecule has 1 aliphatic rings. The SMILES string of the molecule is O=C(c1cc2ccccc2[nH]c1=O)N1CCc2sccc2C1. The molecule has 0 bridgehead atoms. The predicted octanol–water partition coefficient (Wildman–Crippen LogP) is 2.79. The summed E-state index contributed by atoms with van der Waals surface area (Å²) in [6.45, 7) is 1.25. The molecule has 0 unspecified atom stereocenters. The van der Waals surface area contributed by atoms with E-state index in [2.05, 4.69) is 16.4 Å². The predicted molar refractivity (Wildman–Crippen MR) is 87.3 cm³/mol. The number of nitrogens with one attached hydrogen (secondary N) is 1. The molecule has 3 heterocycles. The van der Waals surface area contributed by atoms with Crippen LogP contribution in [0.2, 0.25) is 0 Å². The first-order valence-electron chi connectivity index (χ1n) is 7.19. The number of aromatic amines is 1. The van der Waals surface area contributed by atoms with Gasteiger partial charge in [-0.25, -0.2) is 0 Å². The van der Waals surface area contributed by atoms with Crippen molar-refractivity contribution in [3.63, 3.8) is 0 Å². The maximum absolute atomic E-state index is 12.7. The molecule has 0 fully saturated rings. The van der Waals surface area contributed by atoms with Crippen LogP contribution in [0.3, 0.4) is 0 Å². The first-order valence-corrected chi connectivity index (χ1v) is 8.07. The minimum atomic E-state index is -0.320. The molecule has 0 radical (unpaired) electrons. The Balaban J connectivity index is 1.71. The van der Waals surface area contributed by atoms with Gasteiger partial charge in [-0.3, -0.25) is 9.59 Å². The molecule has 1 aromatic carbocycles. The third-order valence-electron chi connectivity index (χ3n) is 4.08. The second kappa shape index (κ2) is 5.10. The van der Waals surface area contributed by atoms with Crippen LogP contribution in [0.5, 0.6) is 0 Å². The Hall–Kier alpha value is -2.40.